The van der Waals surface area contributed by atoms with Crippen LogP contribution < -0.4 is 0 Å². The minimum absolute atomic E-state index is 1.14. The summed E-state index contributed by atoms with van der Waals surface area (Å²) in [5, 5.41) is 2.82. The highest BCUT2D eigenvalue weighted by molar-refractivity contribution is 6.04. The Morgan fingerprint density at radius 2 is 1.42 bits per heavy atom. The zero-order valence-electron chi connectivity index (χ0n) is 13.8. The molecule has 0 N–H and O–H groups in total. The van der Waals surface area contributed by atoms with E-state index in [9.17, 15) is 0 Å². The van der Waals surface area contributed by atoms with E-state index in [-0.39, 0.29) is 0 Å². The maximum absolute atomic E-state index is 2.44. The van der Waals surface area contributed by atoms with Crippen LogP contribution in [-0.4, -0.2) is 0 Å². The molecule has 116 valence electrons. The van der Waals surface area contributed by atoms with E-state index in [0.717, 1.165) is 6.42 Å². The molecular weight excluding hydrogens is 288 g/mol. The molecule has 0 saturated heterocycles. The average Bonchev–Trinajstić information content (AvgIpc) is 2.68. The van der Waals surface area contributed by atoms with E-state index in [1.807, 2.05) is 0 Å². The van der Waals surface area contributed by atoms with Crippen molar-refractivity contribution in [1.82, 2.24) is 0 Å². The zero-order chi connectivity index (χ0) is 15.9. The van der Waals surface area contributed by atoms with Gasteiger partial charge in [0, 0.05) is 0 Å². The fraction of sp³-hybridized carbons (Fsp3) is 0.167. The smallest absolute Gasteiger partial charge is 0.00672 e. The Morgan fingerprint density at radius 1 is 0.667 bits per heavy atom. The van der Waals surface area contributed by atoms with Crippen LogP contribution in [0.2, 0.25) is 0 Å². The van der Waals surface area contributed by atoms with Crippen LogP contribution in [0.25, 0.3) is 22.4 Å². The monoisotopic (exact) mass is 308 g/mol. The van der Waals surface area contributed by atoms with E-state index < -0.39 is 0 Å². The van der Waals surface area contributed by atoms with Gasteiger partial charge in [-0.25, -0.2) is 0 Å². The maximum Gasteiger partial charge on any atom is -0.00672 e. The van der Waals surface area contributed by atoms with Crippen LogP contribution in [0.15, 0.2) is 66.7 Å². The molecule has 2 aliphatic carbocycles. The summed E-state index contributed by atoms with van der Waals surface area (Å²) in [6, 6.07) is 19.8. The number of rotatable bonds is 1. The Morgan fingerprint density at radius 3 is 2.29 bits per heavy atom. The number of allylic oxidation sites excluding steroid dienone is 2. The van der Waals surface area contributed by atoms with Gasteiger partial charge in [0.2, 0.25) is 0 Å². The minimum Gasteiger partial charge on any atom is -0.0836 e. The third-order valence-electron chi connectivity index (χ3n) is 5.42. The Bertz CT molecular complexity index is 987. The molecule has 0 aromatic heterocycles. The standard InChI is InChI=1S/C24H20/c1-2-9-17(10-3-1)18-15-8-16-23-21-12-5-4-11-19(21)20-13-6-7-14-22(20)24(18)23/h1-4,6-7,9-11,13-15H,5,8,12,16H2. The topological polar surface area (TPSA) is 0 Å². The molecule has 0 heteroatoms. The maximum atomic E-state index is 2.44. The first kappa shape index (κ1) is 13.8. The second kappa shape index (κ2) is 5.49. The molecule has 0 unspecified atom stereocenters. The van der Waals surface area contributed by atoms with Gasteiger partial charge in [-0.2, -0.15) is 0 Å². The van der Waals surface area contributed by atoms with Crippen molar-refractivity contribution in [3.63, 3.8) is 0 Å². The quantitative estimate of drug-likeness (QED) is 0.504. The predicted octanol–water partition coefficient (Wildman–Crippen LogP) is 6.18. The summed E-state index contributed by atoms with van der Waals surface area (Å²) in [7, 11) is 0. The molecule has 3 aromatic rings. The average molecular weight is 308 g/mol. The first-order valence-corrected chi connectivity index (χ1v) is 8.92. The Hall–Kier alpha value is -2.60. The summed E-state index contributed by atoms with van der Waals surface area (Å²) in [6.45, 7) is 0. The SMILES string of the molecule is C1=Cc2c(c3c(c4ccccc24)C(c2ccccc2)=CCC3)CC1. The van der Waals surface area contributed by atoms with Crippen molar-refractivity contribution in [2.45, 2.75) is 25.7 Å². The van der Waals surface area contributed by atoms with Gasteiger partial charge in [-0.1, -0.05) is 72.8 Å². The number of fused-ring (bicyclic) bond motifs is 6. The summed E-state index contributed by atoms with van der Waals surface area (Å²) in [5.74, 6) is 0. The fourth-order valence-corrected chi connectivity index (χ4v) is 4.41. The summed E-state index contributed by atoms with van der Waals surface area (Å²) in [4.78, 5) is 0. The lowest BCUT2D eigenvalue weighted by Crippen LogP contribution is -2.10. The van der Waals surface area contributed by atoms with Gasteiger partial charge >= 0.3 is 0 Å². The molecule has 0 saturated carbocycles. The van der Waals surface area contributed by atoms with Crippen LogP contribution in [-0.2, 0) is 12.8 Å². The molecule has 3 aromatic carbocycles. The molecule has 0 spiro atoms. The molecule has 0 heterocycles. The van der Waals surface area contributed by atoms with Gasteiger partial charge < -0.3 is 0 Å². The van der Waals surface area contributed by atoms with Gasteiger partial charge in [-0.05, 0) is 69.8 Å². The van der Waals surface area contributed by atoms with Crippen LogP contribution in [0.3, 0.4) is 0 Å². The van der Waals surface area contributed by atoms with E-state index in [1.54, 1.807) is 11.1 Å². The Balaban J connectivity index is 1.89. The summed E-state index contributed by atoms with van der Waals surface area (Å²) in [6.07, 6.45) is 11.8. The van der Waals surface area contributed by atoms with Crippen LogP contribution in [0, 0.1) is 0 Å². The molecule has 0 fully saturated rings. The highest BCUT2D eigenvalue weighted by Gasteiger charge is 2.23. The molecule has 0 bridgehead atoms. The first-order valence-electron chi connectivity index (χ1n) is 8.92. The van der Waals surface area contributed by atoms with Crippen molar-refractivity contribution < 1.29 is 0 Å². The van der Waals surface area contributed by atoms with Crippen LogP contribution in [0.1, 0.15) is 40.7 Å². The highest BCUT2D eigenvalue weighted by atomic mass is 14.3. The highest BCUT2D eigenvalue weighted by Crippen LogP contribution is 2.42. The number of hydrogen-bond donors (Lipinski definition) is 0. The summed E-state index contributed by atoms with van der Waals surface area (Å²) < 4.78 is 0. The van der Waals surface area contributed by atoms with Crippen molar-refractivity contribution in [1.29, 1.82) is 0 Å². The van der Waals surface area contributed by atoms with E-state index in [1.165, 1.54) is 52.3 Å². The molecular formula is C24H20. The van der Waals surface area contributed by atoms with E-state index >= 15 is 0 Å². The minimum atomic E-state index is 1.14. The van der Waals surface area contributed by atoms with Gasteiger partial charge in [0.25, 0.3) is 0 Å². The lowest BCUT2D eigenvalue weighted by Gasteiger charge is -2.27. The van der Waals surface area contributed by atoms with Crippen molar-refractivity contribution in [3.8, 4) is 0 Å². The summed E-state index contributed by atoms with van der Waals surface area (Å²) >= 11 is 0. The molecule has 0 aliphatic heterocycles. The van der Waals surface area contributed by atoms with Gasteiger partial charge in [-0.15, -0.1) is 0 Å². The van der Waals surface area contributed by atoms with Crippen molar-refractivity contribution in [2.75, 3.05) is 0 Å². The largest absolute Gasteiger partial charge is 0.0836 e. The third-order valence-corrected chi connectivity index (χ3v) is 5.42. The number of benzene rings is 3. The van der Waals surface area contributed by atoms with Crippen molar-refractivity contribution in [2.24, 2.45) is 0 Å². The normalized spacial score (nSPS) is 15.8. The van der Waals surface area contributed by atoms with Crippen LogP contribution >= 0.6 is 0 Å². The second-order valence-electron chi connectivity index (χ2n) is 6.75. The number of hydrogen-bond acceptors (Lipinski definition) is 0. The van der Waals surface area contributed by atoms with E-state index in [0.29, 0.717) is 0 Å². The first-order chi connectivity index (χ1) is 11.9. The van der Waals surface area contributed by atoms with Crippen LogP contribution in [0.5, 0.6) is 0 Å². The van der Waals surface area contributed by atoms with Gasteiger partial charge in [0.1, 0.15) is 0 Å². The van der Waals surface area contributed by atoms with Gasteiger partial charge in [-0.3, -0.25) is 0 Å². The molecule has 2 aliphatic rings. The molecule has 0 nitrogen and oxygen atoms in total. The molecule has 24 heavy (non-hydrogen) atoms. The zero-order valence-corrected chi connectivity index (χ0v) is 13.8. The summed E-state index contributed by atoms with van der Waals surface area (Å²) in [5.41, 5.74) is 8.89. The van der Waals surface area contributed by atoms with Gasteiger partial charge in [0.15, 0.2) is 0 Å². The third kappa shape index (κ3) is 1.99. The molecule has 0 atom stereocenters. The lowest BCUT2D eigenvalue weighted by atomic mass is 9.77. The van der Waals surface area contributed by atoms with Crippen molar-refractivity contribution >= 4 is 22.4 Å². The Labute approximate surface area is 143 Å². The van der Waals surface area contributed by atoms with E-state index in [2.05, 4.69) is 72.8 Å². The van der Waals surface area contributed by atoms with Crippen molar-refractivity contribution in [3.05, 3.63) is 94.6 Å². The molecule has 0 amide bonds. The fourth-order valence-electron chi connectivity index (χ4n) is 4.41. The van der Waals surface area contributed by atoms with Gasteiger partial charge in [0.05, 0.1) is 0 Å². The molecule has 5 rings (SSSR count). The lowest BCUT2D eigenvalue weighted by molar-refractivity contribution is 0.907. The predicted molar refractivity (Wildman–Crippen MR) is 103 cm³/mol. The van der Waals surface area contributed by atoms with Crippen LogP contribution in [0.4, 0.5) is 0 Å². The second-order valence-corrected chi connectivity index (χ2v) is 6.75. The Kier molecular flexibility index (Phi) is 3.16. The van der Waals surface area contributed by atoms with E-state index in [4.69, 9.17) is 0 Å². The molecule has 0 radical (unpaired) electrons.